The van der Waals surface area contributed by atoms with Crippen molar-refractivity contribution < 1.29 is 5.11 Å². The molecule has 0 amide bonds. The van der Waals surface area contributed by atoms with Crippen molar-refractivity contribution in [3.05, 3.63) is 5.82 Å². The zero-order chi connectivity index (χ0) is 12.7. The van der Waals surface area contributed by atoms with E-state index in [-0.39, 0.29) is 0 Å². The van der Waals surface area contributed by atoms with Crippen LogP contribution < -0.4 is 4.90 Å². The lowest BCUT2D eigenvalue weighted by atomic mass is 9.92. The maximum absolute atomic E-state index is 9.97. The molecule has 1 aromatic rings. The van der Waals surface area contributed by atoms with Crippen LogP contribution in [-0.4, -0.2) is 32.5 Å². The number of rotatable bonds is 4. The number of aliphatic hydroxyl groups is 1. The normalized spacial score (nSPS) is 28.1. The van der Waals surface area contributed by atoms with Crippen molar-refractivity contribution in [2.45, 2.75) is 58.2 Å². The molecule has 1 aliphatic carbocycles. The predicted octanol–water partition coefficient (Wildman–Crippen LogP) is 1.73. The first-order valence-corrected chi connectivity index (χ1v) is 7.14. The summed E-state index contributed by atoms with van der Waals surface area (Å²) in [6.07, 6.45) is 4.19. The van der Waals surface area contributed by atoms with Gasteiger partial charge in [-0.05, 0) is 32.1 Å². The van der Waals surface area contributed by atoms with Crippen LogP contribution in [0.3, 0.4) is 0 Å². The fraction of sp³-hybridized carbons (Fsp3) is 0.846. The van der Waals surface area contributed by atoms with E-state index in [1.54, 1.807) is 0 Å². The molecule has 18 heavy (non-hydrogen) atoms. The van der Waals surface area contributed by atoms with E-state index in [0.717, 1.165) is 30.8 Å². The van der Waals surface area contributed by atoms with Gasteiger partial charge in [0.1, 0.15) is 6.10 Å². The van der Waals surface area contributed by atoms with E-state index >= 15 is 0 Å². The Labute approximate surface area is 108 Å². The van der Waals surface area contributed by atoms with Gasteiger partial charge in [0, 0.05) is 19.1 Å². The molecule has 0 radical (unpaired) electrons. The Morgan fingerprint density at radius 3 is 2.83 bits per heavy atom. The zero-order valence-electron chi connectivity index (χ0n) is 11.2. The molecular formula is C13H22N4O. The lowest BCUT2D eigenvalue weighted by Gasteiger charge is -2.45. The van der Waals surface area contributed by atoms with Gasteiger partial charge in [-0.2, -0.15) is 0 Å². The molecule has 1 aromatic heterocycles. The SMILES string of the molecule is CCC(O)c1nnc(N2CC3CCCC32)n1CC. The van der Waals surface area contributed by atoms with Crippen molar-refractivity contribution >= 4 is 5.95 Å². The molecular weight excluding hydrogens is 228 g/mol. The van der Waals surface area contributed by atoms with Crippen LogP contribution in [0.2, 0.25) is 0 Å². The summed E-state index contributed by atoms with van der Waals surface area (Å²) in [5, 5.41) is 18.5. The van der Waals surface area contributed by atoms with Crippen LogP contribution in [0.5, 0.6) is 0 Å². The van der Waals surface area contributed by atoms with Gasteiger partial charge < -0.3 is 10.0 Å². The third-order valence-electron chi connectivity index (χ3n) is 4.47. The number of fused-ring (bicyclic) bond motifs is 1. The van der Waals surface area contributed by atoms with Crippen LogP contribution in [0.1, 0.15) is 51.5 Å². The molecule has 1 saturated heterocycles. The third kappa shape index (κ3) is 1.64. The first-order valence-electron chi connectivity index (χ1n) is 7.14. The van der Waals surface area contributed by atoms with Crippen LogP contribution in [0.4, 0.5) is 5.95 Å². The van der Waals surface area contributed by atoms with Crippen molar-refractivity contribution in [2.75, 3.05) is 11.4 Å². The minimum absolute atomic E-state index is 0.494. The van der Waals surface area contributed by atoms with Crippen molar-refractivity contribution in [1.29, 1.82) is 0 Å². The molecule has 3 rings (SSSR count). The average Bonchev–Trinajstić information content (AvgIpc) is 2.94. The molecule has 3 atom stereocenters. The summed E-state index contributed by atoms with van der Waals surface area (Å²) in [6.45, 7) is 5.99. The Morgan fingerprint density at radius 1 is 1.33 bits per heavy atom. The second-order valence-corrected chi connectivity index (χ2v) is 5.44. The second-order valence-electron chi connectivity index (χ2n) is 5.44. The van der Waals surface area contributed by atoms with Gasteiger partial charge in [-0.15, -0.1) is 10.2 Å². The molecule has 1 aliphatic heterocycles. The number of hydrogen-bond donors (Lipinski definition) is 1. The van der Waals surface area contributed by atoms with Crippen LogP contribution >= 0.6 is 0 Å². The van der Waals surface area contributed by atoms with Crippen LogP contribution in [0.25, 0.3) is 0 Å². The Kier molecular flexibility index (Phi) is 3.01. The second kappa shape index (κ2) is 4.53. The highest BCUT2D eigenvalue weighted by Gasteiger charge is 2.44. The highest BCUT2D eigenvalue weighted by Crippen LogP contribution is 2.41. The van der Waals surface area contributed by atoms with Crippen molar-refractivity contribution in [1.82, 2.24) is 14.8 Å². The summed E-state index contributed by atoms with van der Waals surface area (Å²) >= 11 is 0. The molecule has 2 heterocycles. The minimum atomic E-state index is -0.494. The van der Waals surface area contributed by atoms with E-state index in [1.807, 2.05) is 6.92 Å². The Bertz CT molecular complexity index is 431. The summed E-state index contributed by atoms with van der Waals surface area (Å²) in [7, 11) is 0. The van der Waals surface area contributed by atoms with Gasteiger partial charge in [0.2, 0.25) is 5.95 Å². The molecule has 0 bridgehead atoms. The minimum Gasteiger partial charge on any atom is -0.385 e. The van der Waals surface area contributed by atoms with Crippen molar-refractivity contribution in [3.8, 4) is 0 Å². The molecule has 3 unspecified atom stereocenters. The largest absolute Gasteiger partial charge is 0.385 e. The van der Waals surface area contributed by atoms with Crippen molar-refractivity contribution in [3.63, 3.8) is 0 Å². The predicted molar refractivity (Wildman–Crippen MR) is 69.4 cm³/mol. The van der Waals surface area contributed by atoms with E-state index in [0.29, 0.717) is 12.5 Å². The Morgan fingerprint density at radius 2 is 2.17 bits per heavy atom. The quantitative estimate of drug-likeness (QED) is 0.884. The smallest absolute Gasteiger partial charge is 0.227 e. The van der Waals surface area contributed by atoms with Gasteiger partial charge in [0.15, 0.2) is 5.82 Å². The average molecular weight is 250 g/mol. The molecule has 100 valence electrons. The lowest BCUT2D eigenvalue weighted by Crippen LogP contribution is -2.54. The third-order valence-corrected chi connectivity index (χ3v) is 4.47. The van der Waals surface area contributed by atoms with E-state index in [1.165, 1.54) is 19.3 Å². The van der Waals surface area contributed by atoms with Crippen LogP contribution in [0.15, 0.2) is 0 Å². The zero-order valence-corrected chi connectivity index (χ0v) is 11.2. The summed E-state index contributed by atoms with van der Waals surface area (Å²) in [5.41, 5.74) is 0. The standard InChI is InChI=1S/C13H22N4O/c1-3-11(18)12-14-15-13(16(12)4-2)17-8-9-6-5-7-10(9)17/h9-11,18H,3-8H2,1-2H3. The fourth-order valence-electron chi connectivity index (χ4n) is 3.37. The number of aromatic nitrogens is 3. The topological polar surface area (TPSA) is 54.2 Å². The van der Waals surface area contributed by atoms with Gasteiger partial charge in [0.05, 0.1) is 0 Å². The van der Waals surface area contributed by atoms with E-state index in [2.05, 4.69) is 26.6 Å². The molecule has 2 aliphatic rings. The molecule has 5 heteroatoms. The molecule has 5 nitrogen and oxygen atoms in total. The van der Waals surface area contributed by atoms with E-state index in [4.69, 9.17) is 0 Å². The van der Waals surface area contributed by atoms with Crippen LogP contribution in [-0.2, 0) is 6.54 Å². The number of hydrogen-bond acceptors (Lipinski definition) is 4. The van der Waals surface area contributed by atoms with Gasteiger partial charge >= 0.3 is 0 Å². The van der Waals surface area contributed by atoms with Gasteiger partial charge in [-0.3, -0.25) is 4.57 Å². The molecule has 1 N–H and O–H groups in total. The highest BCUT2D eigenvalue weighted by atomic mass is 16.3. The Hall–Kier alpha value is -1.10. The number of aliphatic hydroxyl groups excluding tert-OH is 1. The number of anilines is 1. The first-order chi connectivity index (χ1) is 8.76. The summed E-state index contributed by atoms with van der Waals surface area (Å²) in [5.74, 6) is 2.55. The van der Waals surface area contributed by atoms with Crippen LogP contribution in [0, 0.1) is 5.92 Å². The molecule has 1 saturated carbocycles. The van der Waals surface area contributed by atoms with Gasteiger partial charge in [-0.1, -0.05) is 13.3 Å². The summed E-state index contributed by atoms with van der Waals surface area (Å²) in [6, 6.07) is 0.672. The lowest BCUT2D eigenvalue weighted by molar-refractivity contribution is 0.158. The monoisotopic (exact) mass is 250 g/mol. The number of nitrogens with zero attached hydrogens (tertiary/aromatic N) is 4. The Balaban J connectivity index is 1.86. The summed E-state index contributed by atoms with van der Waals surface area (Å²) < 4.78 is 2.07. The van der Waals surface area contributed by atoms with E-state index in [9.17, 15) is 5.11 Å². The van der Waals surface area contributed by atoms with Gasteiger partial charge in [0.25, 0.3) is 0 Å². The first kappa shape index (κ1) is 12.0. The van der Waals surface area contributed by atoms with E-state index < -0.39 is 6.10 Å². The molecule has 0 spiro atoms. The summed E-state index contributed by atoms with van der Waals surface area (Å²) in [4.78, 5) is 2.38. The maximum Gasteiger partial charge on any atom is 0.227 e. The van der Waals surface area contributed by atoms with Gasteiger partial charge in [-0.25, -0.2) is 0 Å². The highest BCUT2D eigenvalue weighted by molar-refractivity contribution is 5.39. The fourth-order valence-corrected chi connectivity index (χ4v) is 3.37. The molecule has 2 fully saturated rings. The molecule has 0 aromatic carbocycles. The maximum atomic E-state index is 9.97. The van der Waals surface area contributed by atoms with Crippen molar-refractivity contribution in [2.24, 2.45) is 5.92 Å².